The maximum Gasteiger partial charge on any atom is 0.261 e. The number of carbonyl (C=O) groups excluding carboxylic acids is 1. The lowest BCUT2D eigenvalue weighted by molar-refractivity contribution is 0.0980. The summed E-state index contributed by atoms with van der Waals surface area (Å²) in [5.41, 5.74) is 2.31. The topological polar surface area (TPSA) is 79.4 Å². The van der Waals surface area contributed by atoms with Crippen LogP contribution in [0.2, 0.25) is 5.02 Å². The van der Waals surface area contributed by atoms with Gasteiger partial charge in [-0.05, 0) is 48.4 Å². The van der Waals surface area contributed by atoms with E-state index in [2.05, 4.69) is 9.71 Å². The summed E-state index contributed by atoms with van der Waals surface area (Å²) >= 11 is 6.01. The van der Waals surface area contributed by atoms with Gasteiger partial charge in [-0.15, -0.1) is 0 Å². The predicted octanol–water partition coefficient (Wildman–Crippen LogP) is 3.74. The minimum atomic E-state index is -3.74. The van der Waals surface area contributed by atoms with E-state index in [1.54, 1.807) is 53.6 Å². The highest BCUT2D eigenvalue weighted by Gasteiger charge is 2.26. The summed E-state index contributed by atoms with van der Waals surface area (Å²) in [6.45, 7) is 0.461. The van der Waals surface area contributed by atoms with Crippen molar-refractivity contribution in [3.8, 4) is 0 Å². The van der Waals surface area contributed by atoms with E-state index in [9.17, 15) is 13.2 Å². The number of hydrogen-bond acceptors (Lipinski definition) is 4. The second kappa shape index (κ2) is 7.26. The first-order valence-corrected chi connectivity index (χ1v) is 10.4. The molecule has 1 aromatic heterocycles. The lowest BCUT2D eigenvalue weighted by Gasteiger charge is -2.28. The van der Waals surface area contributed by atoms with E-state index in [1.165, 1.54) is 18.3 Å². The molecule has 3 aromatic rings. The Balaban J connectivity index is 1.61. The van der Waals surface area contributed by atoms with E-state index in [1.807, 2.05) is 0 Å². The number of pyridine rings is 1. The van der Waals surface area contributed by atoms with Crippen LogP contribution in [0.5, 0.6) is 0 Å². The van der Waals surface area contributed by atoms with Gasteiger partial charge in [0.2, 0.25) is 0 Å². The quantitative estimate of drug-likeness (QED) is 0.706. The molecule has 0 aliphatic carbocycles. The molecular formula is C20H16ClN3O3S. The first-order valence-electron chi connectivity index (χ1n) is 8.57. The summed E-state index contributed by atoms with van der Waals surface area (Å²) in [6.07, 6.45) is 3.60. The molecule has 1 N–H and O–H groups in total. The number of amides is 1. The summed E-state index contributed by atoms with van der Waals surface area (Å²) in [5, 5.41) is 0.596. The van der Waals surface area contributed by atoms with Gasteiger partial charge >= 0.3 is 0 Å². The number of hydrogen-bond donors (Lipinski definition) is 1. The zero-order valence-electron chi connectivity index (χ0n) is 14.7. The number of carbonyl (C=O) groups is 1. The molecular weight excluding hydrogens is 398 g/mol. The van der Waals surface area contributed by atoms with E-state index < -0.39 is 10.0 Å². The Morgan fingerprint density at radius 1 is 1.04 bits per heavy atom. The summed E-state index contributed by atoms with van der Waals surface area (Å²) in [5.74, 6) is -0.164. The van der Waals surface area contributed by atoms with Gasteiger partial charge in [0.25, 0.3) is 15.9 Å². The largest absolute Gasteiger partial charge is 0.306 e. The molecule has 142 valence electrons. The standard InChI is InChI=1S/C20H16ClN3O3S/c21-15-6-7-19-14(10-15)8-9-24(20(19)25)17-11-16(12-22-13-17)23-28(26,27)18-4-2-1-3-5-18/h1-7,10-13,23H,8-9H2. The van der Waals surface area contributed by atoms with Crippen molar-refractivity contribution in [1.82, 2.24) is 4.98 Å². The number of fused-ring (bicyclic) bond motifs is 1. The number of sulfonamides is 1. The lowest BCUT2D eigenvalue weighted by Crippen LogP contribution is -2.37. The average Bonchev–Trinajstić information content (AvgIpc) is 2.69. The molecule has 0 saturated heterocycles. The highest BCUT2D eigenvalue weighted by atomic mass is 35.5. The first kappa shape index (κ1) is 18.5. The maximum absolute atomic E-state index is 12.9. The molecule has 1 aliphatic heterocycles. The number of anilines is 2. The number of halogens is 1. The number of benzene rings is 2. The third-order valence-electron chi connectivity index (χ3n) is 4.49. The Labute approximate surface area is 167 Å². The molecule has 8 heteroatoms. The van der Waals surface area contributed by atoms with Crippen molar-refractivity contribution in [2.45, 2.75) is 11.3 Å². The summed E-state index contributed by atoms with van der Waals surface area (Å²) in [7, 11) is -3.74. The monoisotopic (exact) mass is 413 g/mol. The van der Waals surface area contributed by atoms with Gasteiger partial charge in [-0.2, -0.15) is 0 Å². The van der Waals surface area contributed by atoms with Gasteiger partial charge in [-0.25, -0.2) is 8.42 Å². The zero-order chi connectivity index (χ0) is 19.7. The van der Waals surface area contributed by atoms with Crippen molar-refractivity contribution >= 4 is 38.9 Å². The van der Waals surface area contributed by atoms with Crippen LogP contribution >= 0.6 is 11.6 Å². The molecule has 2 heterocycles. The highest BCUT2D eigenvalue weighted by Crippen LogP contribution is 2.28. The molecule has 0 spiro atoms. The summed E-state index contributed by atoms with van der Waals surface area (Å²) in [4.78, 5) is 18.7. The van der Waals surface area contributed by atoms with Crippen LogP contribution in [0.25, 0.3) is 0 Å². The zero-order valence-corrected chi connectivity index (χ0v) is 16.2. The third kappa shape index (κ3) is 3.58. The molecule has 0 saturated carbocycles. The number of nitrogens with one attached hydrogen (secondary N) is 1. The SMILES string of the molecule is O=C1c2ccc(Cl)cc2CCN1c1cncc(NS(=O)(=O)c2ccccc2)c1. The van der Waals surface area contributed by atoms with Gasteiger partial charge in [-0.1, -0.05) is 29.8 Å². The van der Waals surface area contributed by atoms with Gasteiger partial charge in [0, 0.05) is 17.1 Å². The number of rotatable bonds is 4. The van der Waals surface area contributed by atoms with Crippen LogP contribution in [-0.2, 0) is 16.4 Å². The Kier molecular flexibility index (Phi) is 4.78. The molecule has 1 amide bonds. The van der Waals surface area contributed by atoms with Crippen molar-refractivity contribution < 1.29 is 13.2 Å². The van der Waals surface area contributed by atoms with E-state index >= 15 is 0 Å². The van der Waals surface area contributed by atoms with Crippen LogP contribution in [-0.4, -0.2) is 25.9 Å². The number of nitrogens with zero attached hydrogens (tertiary/aromatic N) is 2. The van der Waals surface area contributed by atoms with Crippen LogP contribution < -0.4 is 9.62 Å². The van der Waals surface area contributed by atoms with Crippen LogP contribution in [0.15, 0.2) is 71.9 Å². The second-order valence-electron chi connectivity index (χ2n) is 6.36. The normalized spacial score (nSPS) is 13.9. The van der Waals surface area contributed by atoms with E-state index in [4.69, 9.17) is 11.6 Å². The Bertz CT molecular complexity index is 1150. The Hall–Kier alpha value is -2.90. The molecule has 6 nitrogen and oxygen atoms in total. The smallest absolute Gasteiger partial charge is 0.261 e. The van der Waals surface area contributed by atoms with Crippen LogP contribution in [0.1, 0.15) is 15.9 Å². The second-order valence-corrected chi connectivity index (χ2v) is 8.48. The van der Waals surface area contributed by atoms with Crippen molar-refractivity contribution in [3.63, 3.8) is 0 Å². The Morgan fingerprint density at radius 2 is 1.82 bits per heavy atom. The van der Waals surface area contributed by atoms with Gasteiger partial charge in [0.05, 0.1) is 28.7 Å². The molecule has 0 unspecified atom stereocenters. The fourth-order valence-electron chi connectivity index (χ4n) is 3.15. The van der Waals surface area contributed by atoms with Gasteiger partial charge in [-0.3, -0.25) is 14.5 Å². The molecule has 0 fully saturated rings. The molecule has 0 bridgehead atoms. The molecule has 1 aliphatic rings. The van der Waals surface area contributed by atoms with Crippen molar-refractivity contribution in [1.29, 1.82) is 0 Å². The maximum atomic E-state index is 12.9. The molecule has 28 heavy (non-hydrogen) atoms. The van der Waals surface area contributed by atoms with Crippen molar-refractivity contribution in [2.75, 3.05) is 16.2 Å². The van der Waals surface area contributed by atoms with E-state index in [0.29, 0.717) is 29.2 Å². The van der Waals surface area contributed by atoms with Crippen LogP contribution in [0.4, 0.5) is 11.4 Å². The van der Waals surface area contributed by atoms with Crippen LogP contribution in [0.3, 0.4) is 0 Å². The van der Waals surface area contributed by atoms with Gasteiger partial charge < -0.3 is 4.90 Å². The molecule has 2 aromatic carbocycles. The average molecular weight is 414 g/mol. The fraction of sp³-hybridized carbons (Fsp3) is 0.100. The Morgan fingerprint density at radius 3 is 2.61 bits per heavy atom. The number of aromatic nitrogens is 1. The minimum Gasteiger partial charge on any atom is -0.306 e. The van der Waals surface area contributed by atoms with E-state index in [-0.39, 0.29) is 16.5 Å². The van der Waals surface area contributed by atoms with Gasteiger partial charge in [0.1, 0.15) is 0 Å². The van der Waals surface area contributed by atoms with Crippen LogP contribution in [0, 0.1) is 0 Å². The van der Waals surface area contributed by atoms with Crippen molar-refractivity contribution in [2.24, 2.45) is 0 Å². The van der Waals surface area contributed by atoms with Gasteiger partial charge in [0.15, 0.2) is 0 Å². The minimum absolute atomic E-state index is 0.153. The highest BCUT2D eigenvalue weighted by molar-refractivity contribution is 7.92. The lowest BCUT2D eigenvalue weighted by atomic mass is 9.99. The molecule has 0 atom stereocenters. The summed E-state index contributed by atoms with van der Waals surface area (Å²) < 4.78 is 27.5. The van der Waals surface area contributed by atoms with E-state index in [0.717, 1.165) is 5.56 Å². The molecule has 4 rings (SSSR count). The third-order valence-corrected chi connectivity index (χ3v) is 6.12. The van der Waals surface area contributed by atoms with Crippen molar-refractivity contribution in [3.05, 3.63) is 83.1 Å². The fourth-order valence-corrected chi connectivity index (χ4v) is 4.40. The first-order chi connectivity index (χ1) is 13.4. The summed E-state index contributed by atoms with van der Waals surface area (Å²) in [6, 6.07) is 14.9. The predicted molar refractivity (Wildman–Crippen MR) is 108 cm³/mol. The molecule has 0 radical (unpaired) electrons.